The fraction of sp³-hybridized carbons (Fsp3) is 0.0667. The Bertz CT molecular complexity index is 1320. The van der Waals surface area contributed by atoms with Gasteiger partial charge in [-0.05, 0) is 51.9 Å². The van der Waals surface area contributed by atoms with Crippen LogP contribution >= 0.6 is 0 Å². The molecule has 2 heterocycles. The second kappa shape index (κ2) is 8.60. The molecule has 0 bridgehead atoms. The van der Waals surface area contributed by atoms with Crippen LogP contribution in [0.3, 0.4) is 0 Å². The molecule has 0 saturated carbocycles. The van der Waals surface area contributed by atoms with Gasteiger partial charge >= 0.3 is 0 Å². The lowest BCUT2D eigenvalue weighted by atomic mass is 9.87. The lowest BCUT2D eigenvalue weighted by Gasteiger charge is -2.16. The predicted octanol–water partition coefficient (Wildman–Crippen LogP) is 6.88. The Morgan fingerprint density at radius 1 is 0.625 bits per heavy atom. The van der Waals surface area contributed by atoms with Crippen LogP contribution in [0.2, 0.25) is 0 Å². The van der Waals surface area contributed by atoms with E-state index in [2.05, 4.69) is 127 Å². The highest BCUT2D eigenvalue weighted by atomic mass is 14.9. The third-order valence-electron chi connectivity index (χ3n) is 5.99. The van der Waals surface area contributed by atoms with E-state index in [-0.39, 0.29) is 0 Å². The molecule has 2 heteroatoms. The normalized spacial score (nSPS) is 10.8. The minimum absolute atomic E-state index is 1.15. The van der Waals surface area contributed by atoms with Crippen molar-refractivity contribution in [3.8, 4) is 44.6 Å². The van der Waals surface area contributed by atoms with E-state index in [1.165, 1.54) is 38.9 Å². The van der Waals surface area contributed by atoms with Gasteiger partial charge in [0, 0.05) is 24.5 Å². The van der Waals surface area contributed by atoms with E-state index in [4.69, 9.17) is 0 Å². The van der Waals surface area contributed by atoms with E-state index in [9.17, 15) is 0 Å². The van der Waals surface area contributed by atoms with Crippen molar-refractivity contribution < 1.29 is 4.57 Å². The van der Waals surface area contributed by atoms with Crippen LogP contribution in [0, 0.1) is 6.92 Å². The zero-order chi connectivity index (χ0) is 21.9. The Morgan fingerprint density at radius 3 is 1.84 bits per heavy atom. The Balaban J connectivity index is 1.80. The first-order valence-electron chi connectivity index (χ1n) is 10.9. The summed E-state index contributed by atoms with van der Waals surface area (Å²) >= 11 is 0. The van der Waals surface area contributed by atoms with Crippen molar-refractivity contribution in [1.29, 1.82) is 0 Å². The summed E-state index contributed by atoms with van der Waals surface area (Å²) in [5.74, 6) is 0. The average molecular weight is 414 g/mol. The van der Waals surface area contributed by atoms with Gasteiger partial charge in [0.1, 0.15) is 7.05 Å². The van der Waals surface area contributed by atoms with E-state index in [1.54, 1.807) is 0 Å². The van der Waals surface area contributed by atoms with Crippen molar-refractivity contribution in [1.82, 2.24) is 4.98 Å². The minimum Gasteiger partial charge on any atom is -0.264 e. The molecule has 3 aromatic carbocycles. The molecule has 0 aliphatic rings. The maximum absolute atomic E-state index is 4.38. The first-order chi connectivity index (χ1) is 15.7. The number of benzene rings is 3. The summed E-state index contributed by atoms with van der Waals surface area (Å²) in [5, 5.41) is 0. The number of aryl methyl sites for hydroxylation is 2. The molecule has 2 aromatic heterocycles. The lowest BCUT2D eigenvalue weighted by Crippen LogP contribution is -2.30. The molecule has 32 heavy (non-hydrogen) atoms. The highest BCUT2D eigenvalue weighted by Gasteiger charge is 2.19. The van der Waals surface area contributed by atoms with Gasteiger partial charge in [-0.15, -0.1) is 0 Å². The summed E-state index contributed by atoms with van der Waals surface area (Å²) in [4.78, 5) is 4.38. The smallest absolute Gasteiger partial charge is 0.214 e. The molecule has 0 N–H and O–H groups in total. The van der Waals surface area contributed by atoms with Crippen molar-refractivity contribution >= 4 is 0 Å². The first kappa shape index (κ1) is 19.9. The summed E-state index contributed by atoms with van der Waals surface area (Å²) in [7, 11) is 2.09. The molecule has 0 atom stereocenters. The van der Waals surface area contributed by atoms with E-state index in [0.29, 0.717) is 0 Å². The van der Waals surface area contributed by atoms with Gasteiger partial charge in [-0.1, -0.05) is 78.9 Å². The van der Waals surface area contributed by atoms with E-state index < -0.39 is 0 Å². The van der Waals surface area contributed by atoms with E-state index in [0.717, 1.165) is 11.3 Å². The van der Waals surface area contributed by atoms with Crippen LogP contribution in [0.1, 0.15) is 5.56 Å². The molecule has 0 saturated heterocycles. The molecule has 0 radical (unpaired) electrons. The van der Waals surface area contributed by atoms with Gasteiger partial charge in [0.25, 0.3) is 0 Å². The SMILES string of the molecule is Cc1ccncc1-c1cc(-c2c(-c3ccccc3)cccc2-c2ccccc2)cc[n+]1C. The summed E-state index contributed by atoms with van der Waals surface area (Å²) < 4.78 is 2.17. The number of rotatable bonds is 4. The quantitative estimate of drug-likeness (QED) is 0.293. The minimum atomic E-state index is 1.15. The van der Waals surface area contributed by atoms with Crippen LogP contribution in [-0.4, -0.2) is 4.98 Å². The molecule has 5 rings (SSSR count). The molecule has 0 spiro atoms. The Morgan fingerprint density at radius 2 is 1.25 bits per heavy atom. The summed E-state index contributed by atoms with van der Waals surface area (Å²) in [6, 6.07) is 34.4. The van der Waals surface area contributed by atoms with Gasteiger partial charge in [-0.25, -0.2) is 4.57 Å². The predicted molar refractivity (Wildman–Crippen MR) is 132 cm³/mol. The Labute approximate surface area is 189 Å². The first-order valence-corrected chi connectivity index (χ1v) is 10.9. The summed E-state index contributed by atoms with van der Waals surface area (Å²) in [6.07, 6.45) is 5.95. The number of hydrogen-bond acceptors (Lipinski definition) is 1. The van der Waals surface area contributed by atoms with Crippen LogP contribution in [0.15, 0.2) is 116 Å². The van der Waals surface area contributed by atoms with Gasteiger partial charge in [0.2, 0.25) is 5.69 Å². The topological polar surface area (TPSA) is 16.8 Å². The molecule has 0 unspecified atom stereocenters. The fourth-order valence-corrected chi connectivity index (χ4v) is 4.30. The van der Waals surface area contributed by atoms with Gasteiger partial charge in [0.05, 0.1) is 5.56 Å². The van der Waals surface area contributed by atoms with Gasteiger partial charge in [0.15, 0.2) is 6.20 Å². The van der Waals surface area contributed by atoms with Crippen molar-refractivity contribution in [3.63, 3.8) is 0 Å². The van der Waals surface area contributed by atoms with Crippen LogP contribution in [-0.2, 0) is 7.05 Å². The molecular formula is C30H25N2+. The molecule has 0 amide bonds. The number of pyridine rings is 2. The monoisotopic (exact) mass is 413 g/mol. The van der Waals surface area contributed by atoms with Crippen molar-refractivity contribution in [2.24, 2.45) is 7.05 Å². The van der Waals surface area contributed by atoms with Gasteiger partial charge in [-0.2, -0.15) is 0 Å². The molecule has 5 aromatic rings. The Hall–Kier alpha value is -4.04. The second-order valence-corrected chi connectivity index (χ2v) is 8.06. The maximum Gasteiger partial charge on any atom is 0.214 e. The van der Waals surface area contributed by atoms with Crippen LogP contribution in [0.5, 0.6) is 0 Å². The van der Waals surface area contributed by atoms with Gasteiger partial charge < -0.3 is 0 Å². The van der Waals surface area contributed by atoms with Crippen LogP contribution in [0.25, 0.3) is 44.6 Å². The molecule has 154 valence electrons. The highest BCUT2D eigenvalue weighted by molar-refractivity contribution is 5.95. The number of aromatic nitrogens is 2. The second-order valence-electron chi connectivity index (χ2n) is 8.06. The van der Waals surface area contributed by atoms with E-state index >= 15 is 0 Å². The summed E-state index contributed by atoms with van der Waals surface area (Å²) in [5.41, 5.74) is 10.8. The molecule has 0 fully saturated rings. The zero-order valence-electron chi connectivity index (χ0n) is 18.4. The van der Waals surface area contributed by atoms with Crippen molar-refractivity contribution in [2.75, 3.05) is 0 Å². The third-order valence-corrected chi connectivity index (χ3v) is 5.99. The molecule has 2 nitrogen and oxygen atoms in total. The third kappa shape index (κ3) is 3.72. The molecule has 0 aliphatic heterocycles. The lowest BCUT2D eigenvalue weighted by molar-refractivity contribution is -0.660. The van der Waals surface area contributed by atoms with E-state index in [1.807, 2.05) is 12.4 Å². The molecule has 0 aliphatic carbocycles. The highest BCUT2D eigenvalue weighted by Crippen LogP contribution is 2.40. The number of nitrogens with zero attached hydrogens (tertiary/aromatic N) is 2. The maximum atomic E-state index is 4.38. The average Bonchev–Trinajstić information content (AvgIpc) is 2.85. The standard InChI is InChI=1S/C30H25N2/c1-22-16-18-31-21-28(22)29-20-25(17-19-32(29)2)30-26(23-10-5-3-6-11-23)14-9-15-27(30)24-12-7-4-8-13-24/h3-21H,1-2H3/q+1. The van der Waals surface area contributed by atoms with Crippen LogP contribution < -0.4 is 4.57 Å². The van der Waals surface area contributed by atoms with Crippen LogP contribution in [0.4, 0.5) is 0 Å². The number of hydrogen-bond donors (Lipinski definition) is 0. The van der Waals surface area contributed by atoms with Crippen molar-refractivity contribution in [2.45, 2.75) is 6.92 Å². The Kier molecular flexibility index (Phi) is 5.35. The zero-order valence-corrected chi connectivity index (χ0v) is 18.4. The summed E-state index contributed by atoms with van der Waals surface area (Å²) in [6.45, 7) is 2.14. The largest absolute Gasteiger partial charge is 0.264 e. The van der Waals surface area contributed by atoms with Crippen molar-refractivity contribution in [3.05, 3.63) is 121 Å². The fourth-order valence-electron chi connectivity index (χ4n) is 4.30. The molecular weight excluding hydrogens is 388 g/mol. The van der Waals surface area contributed by atoms with Gasteiger partial charge in [-0.3, -0.25) is 4.98 Å².